The summed E-state index contributed by atoms with van der Waals surface area (Å²) in [7, 11) is 0. The molecule has 100 valence electrons. The highest BCUT2D eigenvalue weighted by molar-refractivity contribution is 5.74. The van der Waals surface area contributed by atoms with Crippen molar-refractivity contribution < 1.29 is 9.31 Å². The van der Waals surface area contributed by atoms with Crippen LogP contribution in [0.25, 0.3) is 0 Å². The van der Waals surface area contributed by atoms with Crippen LogP contribution >= 0.6 is 0 Å². The number of aromatic nitrogens is 2. The van der Waals surface area contributed by atoms with E-state index in [0.29, 0.717) is 0 Å². The van der Waals surface area contributed by atoms with Crippen LogP contribution in [-0.4, -0.2) is 14.9 Å². The molecule has 1 heterocycles. The number of nitrogens with zero attached hydrogens (tertiary/aromatic N) is 4. The van der Waals surface area contributed by atoms with Crippen LogP contribution in [0.4, 0.5) is 27.4 Å². The van der Waals surface area contributed by atoms with Gasteiger partial charge in [0.2, 0.25) is 11.6 Å². The number of rotatable bonds is 3. The normalized spacial score (nSPS) is 9.80. The summed E-state index contributed by atoms with van der Waals surface area (Å²) >= 11 is 0. The van der Waals surface area contributed by atoms with E-state index in [1.165, 1.54) is 12.1 Å². The molecule has 3 N–H and O–H groups in total. The summed E-state index contributed by atoms with van der Waals surface area (Å²) in [5.74, 6) is -1.30. The van der Waals surface area contributed by atoms with Crippen molar-refractivity contribution in [3.8, 4) is 6.07 Å². The molecule has 0 atom stereocenters. The number of nitrogens with two attached hydrogens (primary N) is 1. The van der Waals surface area contributed by atoms with Gasteiger partial charge in [-0.05, 0) is 12.1 Å². The Morgan fingerprint density at radius 1 is 1.45 bits per heavy atom. The zero-order valence-electron chi connectivity index (χ0n) is 9.87. The van der Waals surface area contributed by atoms with Crippen molar-refractivity contribution in [2.24, 2.45) is 0 Å². The van der Waals surface area contributed by atoms with Gasteiger partial charge in [-0.2, -0.15) is 5.26 Å². The van der Waals surface area contributed by atoms with Gasteiger partial charge in [0, 0.05) is 0 Å². The number of nitro groups is 1. The van der Waals surface area contributed by atoms with E-state index in [9.17, 15) is 14.5 Å². The molecular formula is C11H7FN6O2. The third-order valence-electron chi connectivity index (χ3n) is 2.41. The van der Waals surface area contributed by atoms with Crippen LogP contribution in [0.15, 0.2) is 24.5 Å². The summed E-state index contributed by atoms with van der Waals surface area (Å²) in [4.78, 5) is 17.4. The standard InChI is InChI=1S/C11H7FN6O2/c12-7-2-1-3-8(6(7)4-13)17-11-9(18(19)20)10(14)15-5-16-11/h1-3,5H,(H3,14,15,16,17). The highest BCUT2D eigenvalue weighted by atomic mass is 19.1. The molecule has 0 amide bonds. The molecule has 0 fully saturated rings. The third-order valence-corrected chi connectivity index (χ3v) is 2.41. The number of hydrogen-bond acceptors (Lipinski definition) is 7. The van der Waals surface area contributed by atoms with Crippen LogP contribution in [0.5, 0.6) is 0 Å². The summed E-state index contributed by atoms with van der Waals surface area (Å²) in [6.45, 7) is 0. The zero-order valence-corrected chi connectivity index (χ0v) is 9.87. The van der Waals surface area contributed by atoms with E-state index < -0.39 is 16.4 Å². The maximum Gasteiger partial charge on any atom is 0.353 e. The molecule has 0 saturated carbocycles. The van der Waals surface area contributed by atoms with E-state index in [1.807, 2.05) is 0 Å². The fourth-order valence-electron chi connectivity index (χ4n) is 1.53. The maximum absolute atomic E-state index is 13.4. The molecule has 0 spiro atoms. The van der Waals surface area contributed by atoms with Gasteiger partial charge >= 0.3 is 5.69 Å². The third kappa shape index (κ3) is 2.30. The Kier molecular flexibility index (Phi) is 3.39. The molecule has 0 unspecified atom stereocenters. The molecule has 0 radical (unpaired) electrons. The van der Waals surface area contributed by atoms with Gasteiger partial charge in [-0.3, -0.25) is 10.1 Å². The second-order valence-electron chi connectivity index (χ2n) is 3.61. The van der Waals surface area contributed by atoms with Crippen LogP contribution in [0.2, 0.25) is 0 Å². The predicted molar refractivity (Wildman–Crippen MR) is 67.5 cm³/mol. The minimum Gasteiger partial charge on any atom is -0.378 e. The fourth-order valence-corrected chi connectivity index (χ4v) is 1.53. The summed E-state index contributed by atoms with van der Waals surface area (Å²) in [6.07, 6.45) is 1.02. The molecule has 0 saturated heterocycles. The number of hydrogen-bond donors (Lipinski definition) is 2. The van der Waals surface area contributed by atoms with E-state index >= 15 is 0 Å². The number of halogens is 1. The number of nitriles is 1. The van der Waals surface area contributed by atoms with Crippen molar-refractivity contribution in [2.45, 2.75) is 0 Å². The van der Waals surface area contributed by atoms with Gasteiger partial charge in [0.15, 0.2) is 0 Å². The minimum absolute atomic E-state index is 0.0497. The average molecular weight is 274 g/mol. The Labute approximate surface area is 111 Å². The molecule has 2 aromatic rings. The van der Waals surface area contributed by atoms with Crippen LogP contribution in [0.3, 0.4) is 0 Å². The molecule has 1 aromatic carbocycles. The van der Waals surface area contributed by atoms with Crippen molar-refractivity contribution in [3.63, 3.8) is 0 Å². The summed E-state index contributed by atoms with van der Waals surface area (Å²) in [5.41, 5.74) is 4.63. The highest BCUT2D eigenvalue weighted by Gasteiger charge is 2.22. The van der Waals surface area contributed by atoms with E-state index in [-0.39, 0.29) is 22.9 Å². The van der Waals surface area contributed by atoms with Crippen molar-refractivity contribution in [1.82, 2.24) is 9.97 Å². The van der Waals surface area contributed by atoms with Crippen molar-refractivity contribution in [3.05, 3.63) is 46.0 Å². The quantitative estimate of drug-likeness (QED) is 0.643. The smallest absolute Gasteiger partial charge is 0.353 e. The van der Waals surface area contributed by atoms with Gasteiger partial charge in [-0.1, -0.05) is 6.07 Å². The first-order valence-electron chi connectivity index (χ1n) is 5.25. The van der Waals surface area contributed by atoms with E-state index in [2.05, 4.69) is 15.3 Å². The van der Waals surface area contributed by atoms with E-state index in [4.69, 9.17) is 11.0 Å². The summed E-state index contributed by atoms with van der Waals surface area (Å²) in [6, 6.07) is 5.52. The van der Waals surface area contributed by atoms with Crippen LogP contribution in [0, 0.1) is 27.3 Å². The average Bonchev–Trinajstić information content (AvgIpc) is 2.38. The molecule has 0 aliphatic heterocycles. The summed E-state index contributed by atoms with van der Waals surface area (Å²) < 4.78 is 13.4. The molecule has 0 bridgehead atoms. The van der Waals surface area contributed by atoms with Gasteiger partial charge in [0.1, 0.15) is 23.8 Å². The first-order chi connectivity index (χ1) is 9.54. The SMILES string of the molecule is N#Cc1c(F)cccc1Nc1ncnc(N)c1[N+](=O)[O-]. The van der Waals surface area contributed by atoms with Gasteiger partial charge in [0.05, 0.1) is 10.6 Å². The Hall–Kier alpha value is -3.28. The minimum atomic E-state index is -0.761. The Morgan fingerprint density at radius 2 is 2.20 bits per heavy atom. The number of nitrogen functional groups attached to an aromatic ring is 1. The molecule has 1 aromatic heterocycles. The lowest BCUT2D eigenvalue weighted by atomic mass is 10.2. The molecular weight excluding hydrogens is 267 g/mol. The van der Waals surface area contributed by atoms with Crippen molar-refractivity contribution in [2.75, 3.05) is 11.1 Å². The van der Waals surface area contributed by atoms with Crippen molar-refractivity contribution in [1.29, 1.82) is 5.26 Å². The molecule has 8 nitrogen and oxygen atoms in total. The number of benzene rings is 1. The topological polar surface area (TPSA) is 131 Å². The monoisotopic (exact) mass is 274 g/mol. The predicted octanol–water partition coefficient (Wildman–Crippen LogP) is 1.72. The molecule has 0 aliphatic rings. The Bertz CT molecular complexity index is 727. The van der Waals surface area contributed by atoms with Gasteiger partial charge in [-0.25, -0.2) is 14.4 Å². The second kappa shape index (κ2) is 5.15. The molecule has 20 heavy (non-hydrogen) atoms. The molecule has 2 rings (SSSR count). The van der Waals surface area contributed by atoms with E-state index in [0.717, 1.165) is 12.4 Å². The number of nitrogens with one attached hydrogen (secondary N) is 1. The number of anilines is 3. The Morgan fingerprint density at radius 3 is 2.85 bits per heavy atom. The lowest BCUT2D eigenvalue weighted by Gasteiger charge is -2.08. The largest absolute Gasteiger partial charge is 0.378 e. The van der Waals surface area contributed by atoms with E-state index in [1.54, 1.807) is 6.07 Å². The molecule has 9 heteroatoms. The lowest BCUT2D eigenvalue weighted by molar-refractivity contribution is -0.383. The van der Waals surface area contributed by atoms with Crippen LogP contribution < -0.4 is 11.1 Å². The van der Waals surface area contributed by atoms with Crippen molar-refractivity contribution >= 4 is 23.0 Å². The summed E-state index contributed by atoms with van der Waals surface area (Å²) in [5, 5.41) is 22.3. The van der Waals surface area contributed by atoms with Gasteiger partial charge < -0.3 is 11.1 Å². The van der Waals surface area contributed by atoms with Gasteiger partial charge in [-0.15, -0.1) is 0 Å². The first-order valence-corrected chi connectivity index (χ1v) is 5.25. The maximum atomic E-state index is 13.4. The highest BCUT2D eigenvalue weighted by Crippen LogP contribution is 2.30. The Balaban J connectivity index is 2.52. The second-order valence-corrected chi connectivity index (χ2v) is 3.61. The fraction of sp³-hybridized carbons (Fsp3) is 0. The molecule has 0 aliphatic carbocycles. The van der Waals surface area contributed by atoms with Gasteiger partial charge in [0.25, 0.3) is 0 Å². The first kappa shape index (κ1) is 13.2. The van der Waals surface area contributed by atoms with Crippen LogP contribution in [0.1, 0.15) is 5.56 Å². The zero-order chi connectivity index (χ0) is 14.7. The lowest BCUT2D eigenvalue weighted by Crippen LogP contribution is -2.06. The van der Waals surface area contributed by atoms with Crippen LogP contribution in [-0.2, 0) is 0 Å².